The van der Waals surface area contributed by atoms with E-state index < -0.39 is 0 Å². The molecular weight excluding hydrogens is 230 g/mol. The first-order chi connectivity index (χ1) is 8.74. The van der Waals surface area contributed by atoms with Crippen LogP contribution in [0, 0.1) is 6.92 Å². The number of nitrogens with one attached hydrogen (secondary N) is 1. The van der Waals surface area contributed by atoms with Crippen molar-refractivity contribution in [2.75, 3.05) is 26.2 Å². The second-order valence-corrected chi connectivity index (χ2v) is 4.46. The Hall–Kier alpha value is -1.88. The van der Waals surface area contributed by atoms with Crippen molar-refractivity contribution >= 4 is 17.0 Å². The van der Waals surface area contributed by atoms with Crippen LogP contribution in [0.3, 0.4) is 0 Å². The smallest absolute Gasteiger partial charge is 0.254 e. The van der Waals surface area contributed by atoms with E-state index in [2.05, 4.69) is 10.3 Å². The number of amides is 1. The Morgan fingerprint density at radius 1 is 1.39 bits per heavy atom. The Bertz CT molecular complexity index is 585. The first-order valence-electron chi connectivity index (χ1n) is 6.11. The molecule has 1 saturated heterocycles. The van der Waals surface area contributed by atoms with Crippen LogP contribution < -0.4 is 5.32 Å². The van der Waals surface area contributed by atoms with Gasteiger partial charge in [-0.15, -0.1) is 0 Å². The van der Waals surface area contributed by atoms with Gasteiger partial charge < -0.3 is 14.6 Å². The minimum absolute atomic E-state index is 0.0625. The lowest BCUT2D eigenvalue weighted by Gasteiger charge is -2.27. The maximum atomic E-state index is 12.3. The van der Waals surface area contributed by atoms with Crippen molar-refractivity contribution in [2.24, 2.45) is 0 Å². The Kier molecular flexibility index (Phi) is 2.76. The average molecular weight is 245 g/mol. The van der Waals surface area contributed by atoms with Crippen molar-refractivity contribution < 1.29 is 9.21 Å². The van der Waals surface area contributed by atoms with E-state index >= 15 is 0 Å². The standard InChI is InChI=1S/C13H15N3O2/c1-9-15-11-3-2-10(8-12(11)18-9)13(17)16-6-4-14-5-7-16/h2-3,8,14H,4-7H2,1H3. The number of aromatic nitrogens is 1. The van der Waals surface area contributed by atoms with E-state index in [1.807, 2.05) is 17.0 Å². The van der Waals surface area contributed by atoms with Crippen LogP contribution in [0.1, 0.15) is 16.2 Å². The molecule has 2 heterocycles. The molecule has 1 aliphatic rings. The van der Waals surface area contributed by atoms with E-state index in [1.165, 1.54) is 0 Å². The van der Waals surface area contributed by atoms with Crippen molar-refractivity contribution in [1.29, 1.82) is 0 Å². The molecule has 0 spiro atoms. The number of benzene rings is 1. The van der Waals surface area contributed by atoms with Gasteiger partial charge in [-0.1, -0.05) is 0 Å². The van der Waals surface area contributed by atoms with Crippen LogP contribution in [0.4, 0.5) is 0 Å². The number of oxazole rings is 1. The van der Waals surface area contributed by atoms with Gasteiger partial charge in [0.25, 0.3) is 5.91 Å². The van der Waals surface area contributed by atoms with Gasteiger partial charge in [0.15, 0.2) is 11.5 Å². The molecule has 1 amide bonds. The summed E-state index contributed by atoms with van der Waals surface area (Å²) in [5.41, 5.74) is 2.14. The minimum atomic E-state index is 0.0625. The summed E-state index contributed by atoms with van der Waals surface area (Å²) in [6, 6.07) is 5.43. The van der Waals surface area contributed by atoms with Gasteiger partial charge in [-0.3, -0.25) is 4.79 Å². The lowest BCUT2D eigenvalue weighted by Crippen LogP contribution is -2.46. The Balaban J connectivity index is 1.90. The molecule has 0 unspecified atom stereocenters. The maximum Gasteiger partial charge on any atom is 0.254 e. The summed E-state index contributed by atoms with van der Waals surface area (Å²) in [5, 5.41) is 3.23. The molecule has 1 fully saturated rings. The van der Waals surface area contributed by atoms with Crippen molar-refractivity contribution in [3.05, 3.63) is 29.7 Å². The fourth-order valence-electron chi connectivity index (χ4n) is 2.22. The van der Waals surface area contributed by atoms with Gasteiger partial charge in [-0.05, 0) is 18.2 Å². The molecule has 0 radical (unpaired) electrons. The van der Waals surface area contributed by atoms with Crippen molar-refractivity contribution in [3.63, 3.8) is 0 Å². The molecule has 0 aliphatic carbocycles. The van der Waals surface area contributed by atoms with Crippen LogP contribution in [0.25, 0.3) is 11.1 Å². The van der Waals surface area contributed by atoms with E-state index in [0.717, 1.165) is 31.7 Å². The van der Waals surface area contributed by atoms with E-state index in [0.29, 0.717) is 17.0 Å². The van der Waals surface area contributed by atoms with Gasteiger partial charge in [0.2, 0.25) is 0 Å². The molecule has 1 N–H and O–H groups in total. The molecule has 1 aromatic heterocycles. The molecule has 0 saturated carbocycles. The molecule has 0 bridgehead atoms. The maximum absolute atomic E-state index is 12.3. The lowest BCUT2D eigenvalue weighted by atomic mass is 10.1. The summed E-state index contributed by atoms with van der Waals surface area (Å²) in [4.78, 5) is 18.4. The third kappa shape index (κ3) is 1.97. The molecule has 5 nitrogen and oxygen atoms in total. The predicted molar refractivity (Wildman–Crippen MR) is 67.5 cm³/mol. The van der Waals surface area contributed by atoms with Crippen LogP contribution >= 0.6 is 0 Å². The van der Waals surface area contributed by atoms with Gasteiger partial charge in [0.05, 0.1) is 0 Å². The first kappa shape index (κ1) is 11.2. The van der Waals surface area contributed by atoms with Gasteiger partial charge in [0.1, 0.15) is 5.52 Å². The Morgan fingerprint density at radius 3 is 2.94 bits per heavy atom. The number of fused-ring (bicyclic) bond motifs is 1. The Morgan fingerprint density at radius 2 is 2.17 bits per heavy atom. The van der Waals surface area contributed by atoms with Gasteiger partial charge in [0, 0.05) is 38.7 Å². The second-order valence-electron chi connectivity index (χ2n) is 4.46. The molecule has 5 heteroatoms. The average Bonchev–Trinajstić information content (AvgIpc) is 2.78. The number of piperazine rings is 1. The number of aryl methyl sites for hydroxylation is 1. The van der Waals surface area contributed by atoms with Gasteiger partial charge in [-0.2, -0.15) is 0 Å². The number of hydrogen-bond donors (Lipinski definition) is 1. The van der Waals surface area contributed by atoms with E-state index in [1.54, 1.807) is 13.0 Å². The monoisotopic (exact) mass is 245 g/mol. The topological polar surface area (TPSA) is 58.4 Å². The highest BCUT2D eigenvalue weighted by Crippen LogP contribution is 2.18. The lowest BCUT2D eigenvalue weighted by molar-refractivity contribution is 0.0736. The van der Waals surface area contributed by atoms with Crippen LogP contribution in [0.15, 0.2) is 22.6 Å². The zero-order chi connectivity index (χ0) is 12.5. The molecule has 94 valence electrons. The molecule has 18 heavy (non-hydrogen) atoms. The fraction of sp³-hybridized carbons (Fsp3) is 0.385. The summed E-state index contributed by atoms with van der Waals surface area (Å²) in [6.45, 7) is 5.03. The summed E-state index contributed by atoms with van der Waals surface area (Å²) < 4.78 is 5.45. The van der Waals surface area contributed by atoms with Crippen LogP contribution in [-0.2, 0) is 0 Å². The highest BCUT2D eigenvalue weighted by Gasteiger charge is 2.18. The summed E-state index contributed by atoms with van der Waals surface area (Å²) in [5.74, 6) is 0.684. The number of rotatable bonds is 1. The summed E-state index contributed by atoms with van der Waals surface area (Å²) in [7, 11) is 0. The van der Waals surface area contributed by atoms with Gasteiger partial charge >= 0.3 is 0 Å². The van der Waals surface area contributed by atoms with E-state index in [-0.39, 0.29) is 5.91 Å². The molecule has 2 aromatic rings. The molecule has 0 atom stereocenters. The zero-order valence-corrected chi connectivity index (χ0v) is 10.3. The molecule has 1 aromatic carbocycles. The minimum Gasteiger partial charge on any atom is -0.441 e. The molecule has 3 rings (SSSR count). The predicted octanol–water partition coefficient (Wildman–Crippen LogP) is 1.18. The zero-order valence-electron chi connectivity index (χ0n) is 10.3. The van der Waals surface area contributed by atoms with Crippen molar-refractivity contribution in [2.45, 2.75) is 6.92 Å². The first-order valence-corrected chi connectivity index (χ1v) is 6.11. The summed E-state index contributed by atoms with van der Waals surface area (Å²) in [6.07, 6.45) is 0. The van der Waals surface area contributed by atoms with Crippen molar-refractivity contribution in [3.8, 4) is 0 Å². The molecular formula is C13H15N3O2. The number of carbonyl (C=O) groups is 1. The van der Waals surface area contributed by atoms with Crippen LogP contribution in [0.2, 0.25) is 0 Å². The Labute approximate surface area is 105 Å². The van der Waals surface area contributed by atoms with Crippen LogP contribution in [0.5, 0.6) is 0 Å². The number of nitrogens with zero attached hydrogens (tertiary/aromatic N) is 2. The normalized spacial score (nSPS) is 16.2. The molecule has 1 aliphatic heterocycles. The quantitative estimate of drug-likeness (QED) is 0.819. The van der Waals surface area contributed by atoms with Gasteiger partial charge in [-0.25, -0.2) is 4.98 Å². The van der Waals surface area contributed by atoms with Crippen molar-refractivity contribution in [1.82, 2.24) is 15.2 Å². The SMILES string of the molecule is Cc1nc2ccc(C(=O)N3CCNCC3)cc2o1. The highest BCUT2D eigenvalue weighted by atomic mass is 16.3. The van der Waals surface area contributed by atoms with Crippen LogP contribution in [-0.4, -0.2) is 42.0 Å². The third-order valence-electron chi connectivity index (χ3n) is 3.15. The number of hydrogen-bond acceptors (Lipinski definition) is 4. The largest absolute Gasteiger partial charge is 0.441 e. The fourth-order valence-corrected chi connectivity index (χ4v) is 2.22. The van der Waals surface area contributed by atoms with E-state index in [9.17, 15) is 4.79 Å². The second kappa shape index (κ2) is 4.42. The third-order valence-corrected chi connectivity index (χ3v) is 3.15. The van der Waals surface area contributed by atoms with E-state index in [4.69, 9.17) is 4.42 Å². The summed E-state index contributed by atoms with van der Waals surface area (Å²) >= 11 is 0. The highest BCUT2D eigenvalue weighted by molar-refractivity contribution is 5.97. The number of carbonyl (C=O) groups excluding carboxylic acids is 1.